The number of sulfonamides is 1. The number of hydrogen-bond acceptors (Lipinski definition) is 5. The molecule has 0 unspecified atom stereocenters. The zero-order valence-electron chi connectivity index (χ0n) is 17.5. The molecule has 1 heterocycles. The Kier molecular flexibility index (Phi) is 8.11. The van der Waals surface area contributed by atoms with Crippen LogP contribution in [0.3, 0.4) is 0 Å². The molecule has 7 nitrogen and oxygen atoms in total. The summed E-state index contributed by atoms with van der Waals surface area (Å²) in [5.74, 6) is -0.244. The van der Waals surface area contributed by atoms with E-state index in [2.05, 4.69) is 10.6 Å². The van der Waals surface area contributed by atoms with Gasteiger partial charge in [0.05, 0.1) is 16.4 Å². The van der Waals surface area contributed by atoms with Crippen LogP contribution in [0, 0.1) is 6.92 Å². The molecule has 1 fully saturated rings. The quantitative estimate of drug-likeness (QED) is 0.628. The summed E-state index contributed by atoms with van der Waals surface area (Å²) in [7, 11) is -3.56. The SMILES string of the molecule is Cc1ccc(NC(=O)CSCC(=O)Nc2cccc(S(=O)(=O)N3CCCCC3)c2)cc1. The van der Waals surface area contributed by atoms with Crippen molar-refractivity contribution >= 4 is 45.0 Å². The van der Waals surface area contributed by atoms with Crippen molar-refractivity contribution in [1.82, 2.24) is 4.31 Å². The van der Waals surface area contributed by atoms with Crippen LogP contribution in [0.15, 0.2) is 53.4 Å². The van der Waals surface area contributed by atoms with Gasteiger partial charge in [-0.05, 0) is 50.1 Å². The Hall–Kier alpha value is -2.36. The number of carbonyl (C=O) groups excluding carboxylic acids is 2. The Morgan fingerprint density at radius 1 is 0.903 bits per heavy atom. The van der Waals surface area contributed by atoms with E-state index in [1.165, 1.54) is 22.1 Å². The number of thioether (sulfide) groups is 1. The molecule has 0 saturated carbocycles. The van der Waals surface area contributed by atoms with E-state index in [-0.39, 0.29) is 28.2 Å². The highest BCUT2D eigenvalue weighted by atomic mass is 32.2. The van der Waals surface area contributed by atoms with E-state index in [4.69, 9.17) is 0 Å². The van der Waals surface area contributed by atoms with Crippen molar-refractivity contribution in [1.29, 1.82) is 0 Å². The zero-order chi connectivity index (χ0) is 22.3. The van der Waals surface area contributed by atoms with Gasteiger partial charge < -0.3 is 10.6 Å². The molecular weight excluding hydrogens is 434 g/mol. The Morgan fingerprint density at radius 2 is 1.52 bits per heavy atom. The van der Waals surface area contributed by atoms with Gasteiger partial charge in [-0.3, -0.25) is 9.59 Å². The minimum atomic E-state index is -3.56. The Labute approximate surface area is 187 Å². The summed E-state index contributed by atoms with van der Waals surface area (Å²) in [6, 6.07) is 13.8. The molecule has 0 spiro atoms. The van der Waals surface area contributed by atoms with Crippen LogP contribution in [0.1, 0.15) is 24.8 Å². The molecule has 0 aliphatic carbocycles. The highest BCUT2D eigenvalue weighted by Crippen LogP contribution is 2.23. The normalized spacial score (nSPS) is 14.7. The fraction of sp³-hybridized carbons (Fsp3) is 0.364. The van der Waals surface area contributed by atoms with Crippen molar-refractivity contribution in [2.45, 2.75) is 31.1 Å². The molecular formula is C22H27N3O4S2. The molecule has 2 aromatic carbocycles. The summed E-state index contributed by atoms with van der Waals surface area (Å²) < 4.78 is 27.1. The van der Waals surface area contributed by atoms with Crippen LogP contribution < -0.4 is 10.6 Å². The van der Waals surface area contributed by atoms with Crippen molar-refractivity contribution in [2.75, 3.05) is 35.2 Å². The van der Waals surface area contributed by atoms with E-state index in [1.807, 2.05) is 31.2 Å². The molecule has 2 aromatic rings. The lowest BCUT2D eigenvalue weighted by molar-refractivity contribution is -0.114. The lowest BCUT2D eigenvalue weighted by Gasteiger charge is -2.26. The monoisotopic (exact) mass is 461 g/mol. The van der Waals surface area contributed by atoms with Crippen LogP contribution in [0.2, 0.25) is 0 Å². The molecule has 0 atom stereocenters. The fourth-order valence-corrected chi connectivity index (χ4v) is 5.44. The largest absolute Gasteiger partial charge is 0.325 e. The van der Waals surface area contributed by atoms with Gasteiger partial charge in [0.1, 0.15) is 0 Å². The van der Waals surface area contributed by atoms with E-state index < -0.39 is 10.0 Å². The summed E-state index contributed by atoms with van der Waals surface area (Å²) in [6.07, 6.45) is 2.78. The minimum absolute atomic E-state index is 0.0877. The van der Waals surface area contributed by atoms with E-state index in [0.717, 1.165) is 24.8 Å². The van der Waals surface area contributed by atoms with Crippen LogP contribution in [0.4, 0.5) is 11.4 Å². The number of hydrogen-bond donors (Lipinski definition) is 2. The first-order valence-electron chi connectivity index (χ1n) is 10.2. The molecule has 9 heteroatoms. The van der Waals surface area contributed by atoms with Crippen LogP contribution in [-0.2, 0) is 19.6 Å². The molecule has 0 radical (unpaired) electrons. The average molecular weight is 462 g/mol. The van der Waals surface area contributed by atoms with Crippen molar-refractivity contribution in [3.63, 3.8) is 0 Å². The standard InChI is InChI=1S/C22H27N3O4S2/c1-17-8-10-18(11-9-17)23-21(26)15-30-16-22(27)24-19-6-5-7-20(14-19)31(28,29)25-12-3-2-4-13-25/h5-11,14H,2-4,12-13,15-16H2,1H3,(H,23,26)(H,24,27). The van der Waals surface area contributed by atoms with Gasteiger partial charge in [0.2, 0.25) is 21.8 Å². The van der Waals surface area contributed by atoms with E-state index >= 15 is 0 Å². The van der Waals surface area contributed by atoms with Crippen molar-refractivity contribution in [2.24, 2.45) is 0 Å². The molecule has 0 aromatic heterocycles. The second kappa shape index (κ2) is 10.8. The number of aryl methyl sites for hydroxylation is 1. The highest BCUT2D eigenvalue weighted by molar-refractivity contribution is 8.00. The van der Waals surface area contributed by atoms with Crippen LogP contribution in [-0.4, -0.2) is 49.1 Å². The van der Waals surface area contributed by atoms with Crippen LogP contribution >= 0.6 is 11.8 Å². The van der Waals surface area contributed by atoms with Crippen LogP contribution in [0.25, 0.3) is 0 Å². The summed E-state index contributed by atoms with van der Waals surface area (Å²) in [5.41, 5.74) is 2.25. The van der Waals surface area contributed by atoms with Crippen molar-refractivity contribution in [3.05, 3.63) is 54.1 Å². The van der Waals surface area contributed by atoms with Gasteiger partial charge in [0.25, 0.3) is 0 Å². The van der Waals surface area contributed by atoms with Crippen LogP contribution in [0.5, 0.6) is 0 Å². The molecule has 0 bridgehead atoms. The summed E-state index contributed by atoms with van der Waals surface area (Å²) in [5, 5.41) is 5.50. The van der Waals surface area contributed by atoms with Crippen molar-refractivity contribution in [3.8, 4) is 0 Å². The van der Waals surface area contributed by atoms with E-state index in [0.29, 0.717) is 24.5 Å². The first-order valence-corrected chi connectivity index (χ1v) is 12.8. The van der Waals surface area contributed by atoms with Gasteiger partial charge in [0, 0.05) is 24.5 Å². The summed E-state index contributed by atoms with van der Waals surface area (Å²) in [6.45, 7) is 3.03. The number of nitrogens with zero attached hydrogens (tertiary/aromatic N) is 1. The average Bonchev–Trinajstić information content (AvgIpc) is 2.76. The molecule has 31 heavy (non-hydrogen) atoms. The number of piperidine rings is 1. The van der Waals surface area contributed by atoms with Gasteiger partial charge >= 0.3 is 0 Å². The molecule has 1 aliphatic heterocycles. The molecule has 1 aliphatic rings. The minimum Gasteiger partial charge on any atom is -0.325 e. The topological polar surface area (TPSA) is 95.6 Å². The molecule has 2 amide bonds. The number of amides is 2. The Morgan fingerprint density at radius 3 is 2.16 bits per heavy atom. The third kappa shape index (κ3) is 6.81. The predicted molar refractivity (Wildman–Crippen MR) is 125 cm³/mol. The summed E-state index contributed by atoms with van der Waals surface area (Å²) >= 11 is 1.19. The fourth-order valence-electron chi connectivity index (χ4n) is 3.26. The zero-order valence-corrected chi connectivity index (χ0v) is 19.1. The second-order valence-corrected chi connectivity index (χ2v) is 10.4. The van der Waals surface area contributed by atoms with Gasteiger partial charge in [-0.15, -0.1) is 11.8 Å². The van der Waals surface area contributed by atoms with Gasteiger partial charge in [0.15, 0.2) is 0 Å². The highest BCUT2D eigenvalue weighted by Gasteiger charge is 2.26. The van der Waals surface area contributed by atoms with Gasteiger partial charge in [-0.25, -0.2) is 8.42 Å². The maximum absolute atomic E-state index is 12.8. The van der Waals surface area contributed by atoms with Gasteiger partial charge in [-0.1, -0.05) is 30.2 Å². The molecule has 3 rings (SSSR count). The number of carbonyl (C=O) groups is 2. The predicted octanol–water partition coefficient (Wildman–Crippen LogP) is 3.48. The smallest absolute Gasteiger partial charge is 0.243 e. The number of rotatable bonds is 8. The van der Waals surface area contributed by atoms with Crippen molar-refractivity contribution < 1.29 is 18.0 Å². The third-order valence-corrected chi connectivity index (χ3v) is 7.70. The first-order chi connectivity index (χ1) is 14.8. The maximum atomic E-state index is 12.8. The first kappa shape index (κ1) is 23.3. The Bertz CT molecular complexity index is 1020. The number of benzene rings is 2. The maximum Gasteiger partial charge on any atom is 0.243 e. The summed E-state index contributed by atoms with van der Waals surface area (Å²) in [4.78, 5) is 24.4. The number of nitrogens with one attached hydrogen (secondary N) is 2. The van der Waals surface area contributed by atoms with Gasteiger partial charge in [-0.2, -0.15) is 4.31 Å². The third-order valence-electron chi connectivity index (χ3n) is 4.87. The number of anilines is 2. The molecule has 1 saturated heterocycles. The second-order valence-electron chi connectivity index (χ2n) is 7.45. The molecule has 166 valence electrons. The van der Waals surface area contributed by atoms with E-state index in [1.54, 1.807) is 18.2 Å². The lowest BCUT2D eigenvalue weighted by atomic mass is 10.2. The Balaban J connectivity index is 1.48. The lowest BCUT2D eigenvalue weighted by Crippen LogP contribution is -2.35. The van der Waals surface area contributed by atoms with E-state index in [9.17, 15) is 18.0 Å². The molecule has 2 N–H and O–H groups in total.